The van der Waals surface area contributed by atoms with Gasteiger partial charge in [0.1, 0.15) is 0 Å². The summed E-state index contributed by atoms with van der Waals surface area (Å²) in [5, 5.41) is 0. The SMILES string of the molecule is C=C/C=C(\C=C)SSC. The largest absolute Gasteiger partial charge is 0.0990 e. The van der Waals surface area contributed by atoms with E-state index in [1.807, 2.05) is 18.4 Å². The molecule has 0 rings (SSSR count). The summed E-state index contributed by atoms with van der Waals surface area (Å²) >= 11 is 0. The van der Waals surface area contributed by atoms with Crippen LogP contribution >= 0.6 is 21.6 Å². The molecule has 0 aliphatic heterocycles. The van der Waals surface area contributed by atoms with E-state index < -0.39 is 0 Å². The first-order valence-corrected chi connectivity index (χ1v) is 5.06. The minimum absolute atomic E-state index is 1.15. The van der Waals surface area contributed by atoms with Crippen molar-refractivity contribution in [1.29, 1.82) is 0 Å². The van der Waals surface area contributed by atoms with Crippen LogP contribution in [-0.2, 0) is 0 Å². The number of hydrogen-bond acceptors (Lipinski definition) is 2. The predicted molar refractivity (Wildman–Crippen MR) is 49.6 cm³/mol. The Bertz CT molecular complexity index is 125. The molecule has 0 amide bonds. The Hall–Kier alpha value is -0.0800. The van der Waals surface area contributed by atoms with Gasteiger partial charge in [-0.05, 0) is 12.3 Å². The van der Waals surface area contributed by atoms with Crippen LogP contribution in [0.25, 0.3) is 0 Å². The molecule has 50 valence electrons. The molecule has 0 aromatic rings. The Morgan fingerprint density at radius 1 is 1.44 bits per heavy atom. The van der Waals surface area contributed by atoms with Gasteiger partial charge < -0.3 is 0 Å². The quantitative estimate of drug-likeness (QED) is 0.455. The molecule has 0 aliphatic carbocycles. The van der Waals surface area contributed by atoms with Gasteiger partial charge in [0.15, 0.2) is 0 Å². The van der Waals surface area contributed by atoms with E-state index in [9.17, 15) is 0 Å². The maximum atomic E-state index is 3.65. The third-order valence-corrected chi connectivity index (χ3v) is 2.40. The molecule has 0 saturated heterocycles. The summed E-state index contributed by atoms with van der Waals surface area (Å²) in [6.07, 6.45) is 7.56. The standard InChI is InChI=1S/C7H10S2/c1-4-6-7(5-2)9-8-3/h4-6H,1-2H2,3H3/b7-6+. The van der Waals surface area contributed by atoms with Gasteiger partial charge in [0.2, 0.25) is 0 Å². The number of rotatable bonds is 4. The van der Waals surface area contributed by atoms with Crippen LogP contribution in [0.1, 0.15) is 0 Å². The fraction of sp³-hybridized carbons (Fsp3) is 0.143. The van der Waals surface area contributed by atoms with Crippen LogP contribution in [0, 0.1) is 0 Å². The maximum absolute atomic E-state index is 3.65. The molecular formula is C7H10S2. The van der Waals surface area contributed by atoms with Crippen molar-refractivity contribution in [2.75, 3.05) is 6.26 Å². The van der Waals surface area contributed by atoms with Crippen molar-refractivity contribution in [3.05, 3.63) is 36.3 Å². The van der Waals surface area contributed by atoms with Gasteiger partial charge in [0.05, 0.1) is 0 Å². The van der Waals surface area contributed by atoms with Crippen LogP contribution in [0.5, 0.6) is 0 Å². The molecule has 0 bridgehead atoms. The van der Waals surface area contributed by atoms with Gasteiger partial charge in [-0.2, -0.15) is 0 Å². The van der Waals surface area contributed by atoms with Crippen molar-refractivity contribution in [1.82, 2.24) is 0 Å². The highest BCUT2D eigenvalue weighted by Gasteiger charge is 1.85. The van der Waals surface area contributed by atoms with Crippen molar-refractivity contribution in [3.8, 4) is 0 Å². The molecule has 0 spiro atoms. The zero-order valence-electron chi connectivity index (χ0n) is 5.46. The summed E-state index contributed by atoms with van der Waals surface area (Å²) in [5.74, 6) is 0. The summed E-state index contributed by atoms with van der Waals surface area (Å²) < 4.78 is 0. The van der Waals surface area contributed by atoms with Crippen LogP contribution < -0.4 is 0 Å². The van der Waals surface area contributed by atoms with Crippen molar-refractivity contribution in [2.45, 2.75) is 0 Å². The zero-order valence-corrected chi connectivity index (χ0v) is 7.10. The molecule has 0 N–H and O–H groups in total. The molecular weight excluding hydrogens is 148 g/mol. The first-order chi connectivity index (χ1) is 4.35. The van der Waals surface area contributed by atoms with E-state index >= 15 is 0 Å². The Morgan fingerprint density at radius 3 is 2.44 bits per heavy atom. The van der Waals surface area contributed by atoms with E-state index in [0.29, 0.717) is 0 Å². The summed E-state index contributed by atoms with van der Waals surface area (Å²) in [6, 6.07) is 0. The van der Waals surface area contributed by atoms with E-state index in [-0.39, 0.29) is 0 Å². The molecule has 0 aliphatic rings. The minimum Gasteiger partial charge on any atom is -0.0990 e. The highest BCUT2D eigenvalue weighted by atomic mass is 33.1. The summed E-state index contributed by atoms with van der Waals surface area (Å²) in [4.78, 5) is 1.15. The van der Waals surface area contributed by atoms with Gasteiger partial charge in [0, 0.05) is 4.91 Å². The fourth-order valence-corrected chi connectivity index (χ4v) is 1.70. The maximum Gasteiger partial charge on any atom is 0.0176 e. The molecule has 0 heterocycles. The van der Waals surface area contributed by atoms with Crippen molar-refractivity contribution in [3.63, 3.8) is 0 Å². The van der Waals surface area contributed by atoms with E-state index in [2.05, 4.69) is 13.2 Å². The first-order valence-electron chi connectivity index (χ1n) is 2.51. The average molecular weight is 158 g/mol. The van der Waals surface area contributed by atoms with Crippen LogP contribution in [0.15, 0.2) is 36.3 Å². The van der Waals surface area contributed by atoms with E-state index in [1.165, 1.54) is 0 Å². The van der Waals surface area contributed by atoms with E-state index in [4.69, 9.17) is 0 Å². The average Bonchev–Trinajstić information content (AvgIpc) is 1.88. The van der Waals surface area contributed by atoms with Gasteiger partial charge in [-0.3, -0.25) is 0 Å². The van der Waals surface area contributed by atoms with Crippen LogP contribution in [-0.4, -0.2) is 6.26 Å². The monoisotopic (exact) mass is 158 g/mol. The normalized spacial score (nSPS) is 11.0. The third kappa shape index (κ3) is 4.43. The Kier molecular flexibility index (Phi) is 5.99. The van der Waals surface area contributed by atoms with Crippen molar-refractivity contribution < 1.29 is 0 Å². The van der Waals surface area contributed by atoms with E-state index in [0.717, 1.165) is 4.91 Å². The van der Waals surface area contributed by atoms with E-state index in [1.54, 1.807) is 27.7 Å². The van der Waals surface area contributed by atoms with Gasteiger partial charge in [-0.25, -0.2) is 0 Å². The first kappa shape index (κ1) is 8.92. The molecule has 0 unspecified atom stereocenters. The fourth-order valence-electron chi connectivity index (χ4n) is 0.342. The lowest BCUT2D eigenvalue weighted by Gasteiger charge is -1.92. The highest BCUT2D eigenvalue weighted by molar-refractivity contribution is 8.78. The Balaban J connectivity index is 3.80. The number of hydrogen-bond donors (Lipinski definition) is 0. The lowest BCUT2D eigenvalue weighted by Crippen LogP contribution is -1.60. The smallest absolute Gasteiger partial charge is 0.0176 e. The number of allylic oxidation sites excluding steroid dienone is 3. The van der Waals surface area contributed by atoms with Crippen LogP contribution in [0.3, 0.4) is 0 Å². The Morgan fingerprint density at radius 2 is 2.11 bits per heavy atom. The summed E-state index contributed by atoms with van der Waals surface area (Å²) in [7, 11) is 3.39. The summed E-state index contributed by atoms with van der Waals surface area (Å²) in [5.41, 5.74) is 0. The third-order valence-electron chi connectivity index (χ3n) is 0.663. The second kappa shape index (κ2) is 6.05. The molecule has 0 radical (unpaired) electrons. The molecule has 0 fully saturated rings. The molecule has 0 aromatic carbocycles. The van der Waals surface area contributed by atoms with Gasteiger partial charge in [-0.15, -0.1) is 0 Å². The molecule has 9 heavy (non-hydrogen) atoms. The van der Waals surface area contributed by atoms with Gasteiger partial charge in [0.25, 0.3) is 0 Å². The lowest BCUT2D eigenvalue weighted by atomic mass is 10.5. The molecule has 2 heteroatoms. The van der Waals surface area contributed by atoms with Gasteiger partial charge >= 0.3 is 0 Å². The van der Waals surface area contributed by atoms with Crippen LogP contribution in [0.2, 0.25) is 0 Å². The van der Waals surface area contributed by atoms with Crippen LogP contribution in [0.4, 0.5) is 0 Å². The topological polar surface area (TPSA) is 0 Å². The highest BCUT2D eigenvalue weighted by Crippen LogP contribution is 2.27. The second-order valence-corrected chi connectivity index (χ2v) is 3.73. The lowest BCUT2D eigenvalue weighted by molar-refractivity contribution is 1.92. The molecule has 0 nitrogen and oxygen atoms in total. The summed E-state index contributed by atoms with van der Waals surface area (Å²) in [6.45, 7) is 7.23. The van der Waals surface area contributed by atoms with Crippen molar-refractivity contribution >= 4 is 21.6 Å². The van der Waals surface area contributed by atoms with Crippen molar-refractivity contribution in [2.24, 2.45) is 0 Å². The minimum atomic E-state index is 1.15. The zero-order chi connectivity index (χ0) is 7.11. The molecule has 0 saturated carbocycles. The Labute approximate surface area is 64.5 Å². The second-order valence-electron chi connectivity index (χ2n) is 1.26. The predicted octanol–water partition coefficient (Wildman–Crippen LogP) is 3.25. The molecule has 0 aromatic heterocycles. The molecule has 0 atom stereocenters. The van der Waals surface area contributed by atoms with Gasteiger partial charge in [-0.1, -0.05) is 46.9 Å².